The standard InChI is InChI=1S/C29H34FN3O5S/c1-5-18-31-29(35)22(3)32(19-23-8-14-26(38-4)15-9-23)28(34)20-33(25-12-6-21(2)7-13-25)39(36,37)27-16-10-24(30)11-17-27/h6-17,22H,5,18-20H2,1-4H3,(H,31,35)/t22-/m1/s1. The summed E-state index contributed by atoms with van der Waals surface area (Å²) in [5.41, 5.74) is 1.92. The van der Waals surface area contributed by atoms with E-state index in [9.17, 15) is 22.4 Å². The van der Waals surface area contributed by atoms with Gasteiger partial charge in [-0.15, -0.1) is 0 Å². The maximum Gasteiger partial charge on any atom is 0.264 e. The van der Waals surface area contributed by atoms with Gasteiger partial charge in [-0.3, -0.25) is 13.9 Å². The van der Waals surface area contributed by atoms with E-state index in [2.05, 4.69) is 5.32 Å². The van der Waals surface area contributed by atoms with Gasteiger partial charge in [0, 0.05) is 13.1 Å². The minimum Gasteiger partial charge on any atom is -0.497 e. The van der Waals surface area contributed by atoms with Gasteiger partial charge in [0.1, 0.15) is 24.2 Å². The lowest BCUT2D eigenvalue weighted by Crippen LogP contribution is -2.51. The van der Waals surface area contributed by atoms with E-state index in [0.29, 0.717) is 12.3 Å². The monoisotopic (exact) mass is 555 g/mol. The van der Waals surface area contributed by atoms with Gasteiger partial charge in [0.25, 0.3) is 10.0 Å². The Hall–Kier alpha value is -3.92. The van der Waals surface area contributed by atoms with E-state index in [1.807, 2.05) is 13.8 Å². The maximum atomic E-state index is 13.8. The topological polar surface area (TPSA) is 96.0 Å². The number of rotatable bonds is 12. The molecule has 8 nitrogen and oxygen atoms in total. The van der Waals surface area contributed by atoms with E-state index >= 15 is 0 Å². The zero-order chi connectivity index (χ0) is 28.6. The van der Waals surface area contributed by atoms with E-state index in [1.54, 1.807) is 62.6 Å². The molecule has 0 aliphatic heterocycles. The largest absolute Gasteiger partial charge is 0.497 e. The number of sulfonamides is 1. The van der Waals surface area contributed by atoms with Gasteiger partial charge in [-0.25, -0.2) is 12.8 Å². The molecule has 0 aliphatic carbocycles. The van der Waals surface area contributed by atoms with Crippen LogP contribution in [-0.2, 0) is 26.2 Å². The SMILES string of the molecule is CCCNC(=O)[C@@H](C)N(Cc1ccc(OC)cc1)C(=O)CN(c1ccc(C)cc1)S(=O)(=O)c1ccc(F)cc1. The molecule has 0 radical (unpaired) electrons. The Morgan fingerprint density at radius 2 is 1.59 bits per heavy atom. The predicted octanol–water partition coefficient (Wildman–Crippen LogP) is 4.28. The van der Waals surface area contributed by atoms with Gasteiger partial charge in [0.2, 0.25) is 11.8 Å². The summed E-state index contributed by atoms with van der Waals surface area (Å²) in [6, 6.07) is 17.3. The minimum atomic E-state index is -4.25. The summed E-state index contributed by atoms with van der Waals surface area (Å²) >= 11 is 0. The molecule has 0 fully saturated rings. The molecule has 0 aromatic heterocycles. The van der Waals surface area contributed by atoms with Crippen molar-refractivity contribution >= 4 is 27.5 Å². The number of methoxy groups -OCH3 is 1. The number of carbonyl (C=O) groups excluding carboxylic acids is 2. The van der Waals surface area contributed by atoms with Crippen LogP contribution in [0.1, 0.15) is 31.4 Å². The lowest BCUT2D eigenvalue weighted by Gasteiger charge is -2.32. The first-order chi connectivity index (χ1) is 18.6. The van der Waals surface area contributed by atoms with Crippen molar-refractivity contribution in [2.24, 2.45) is 0 Å². The van der Waals surface area contributed by atoms with Gasteiger partial charge in [-0.2, -0.15) is 0 Å². The van der Waals surface area contributed by atoms with Crippen molar-refractivity contribution in [3.8, 4) is 5.75 Å². The summed E-state index contributed by atoms with van der Waals surface area (Å²) in [5, 5.41) is 2.80. The summed E-state index contributed by atoms with van der Waals surface area (Å²) in [7, 11) is -2.70. The summed E-state index contributed by atoms with van der Waals surface area (Å²) in [6.07, 6.45) is 0.724. The third-order valence-corrected chi connectivity index (χ3v) is 8.02. The molecule has 10 heteroatoms. The molecular weight excluding hydrogens is 521 g/mol. The van der Waals surface area contributed by atoms with E-state index in [-0.39, 0.29) is 23.0 Å². The number of nitrogens with one attached hydrogen (secondary N) is 1. The van der Waals surface area contributed by atoms with Crippen LogP contribution in [0.2, 0.25) is 0 Å². The van der Waals surface area contributed by atoms with Crippen molar-refractivity contribution in [3.05, 3.63) is 89.7 Å². The highest BCUT2D eigenvalue weighted by molar-refractivity contribution is 7.92. The average molecular weight is 556 g/mol. The predicted molar refractivity (Wildman–Crippen MR) is 148 cm³/mol. The number of anilines is 1. The molecule has 3 aromatic rings. The number of nitrogens with zero attached hydrogens (tertiary/aromatic N) is 2. The van der Waals surface area contributed by atoms with Crippen LogP contribution in [0, 0.1) is 12.7 Å². The molecular formula is C29H34FN3O5S. The number of amides is 2. The number of halogens is 1. The third-order valence-electron chi connectivity index (χ3n) is 6.23. The number of hydrogen-bond donors (Lipinski definition) is 1. The average Bonchev–Trinajstić information content (AvgIpc) is 2.93. The molecule has 0 spiro atoms. The first-order valence-corrected chi connectivity index (χ1v) is 14.1. The molecule has 208 valence electrons. The molecule has 0 saturated heterocycles. The normalized spacial score (nSPS) is 11.9. The second-order valence-electron chi connectivity index (χ2n) is 9.14. The molecule has 0 aliphatic rings. The van der Waals surface area contributed by atoms with E-state index in [1.165, 1.54) is 4.90 Å². The van der Waals surface area contributed by atoms with Crippen molar-refractivity contribution in [1.82, 2.24) is 10.2 Å². The number of benzene rings is 3. The van der Waals surface area contributed by atoms with Crippen LogP contribution in [0.15, 0.2) is 77.7 Å². The highest BCUT2D eigenvalue weighted by Gasteiger charge is 2.32. The van der Waals surface area contributed by atoms with Crippen molar-refractivity contribution in [1.29, 1.82) is 0 Å². The smallest absolute Gasteiger partial charge is 0.264 e. The van der Waals surface area contributed by atoms with Crippen molar-refractivity contribution in [2.75, 3.05) is 24.5 Å². The highest BCUT2D eigenvalue weighted by atomic mass is 32.2. The van der Waals surface area contributed by atoms with Gasteiger partial charge in [-0.05, 0) is 74.4 Å². The minimum absolute atomic E-state index is 0.0713. The molecule has 1 atom stereocenters. The fourth-order valence-corrected chi connectivity index (χ4v) is 5.29. The molecule has 0 heterocycles. The van der Waals surface area contributed by atoms with Gasteiger partial charge < -0.3 is 15.0 Å². The Kier molecular flexibility index (Phi) is 10.1. The Morgan fingerprint density at radius 3 is 2.15 bits per heavy atom. The summed E-state index contributed by atoms with van der Waals surface area (Å²) in [5.74, 6) is -0.857. The van der Waals surface area contributed by atoms with Crippen molar-refractivity contribution in [2.45, 2.75) is 44.7 Å². The first-order valence-electron chi connectivity index (χ1n) is 12.6. The van der Waals surface area contributed by atoms with Crippen molar-refractivity contribution in [3.63, 3.8) is 0 Å². The van der Waals surface area contributed by atoms with Crippen LogP contribution in [0.5, 0.6) is 5.75 Å². The maximum absolute atomic E-state index is 13.8. The molecule has 0 saturated carbocycles. The third kappa shape index (κ3) is 7.57. The first kappa shape index (κ1) is 29.6. The quantitative estimate of drug-likeness (QED) is 0.360. The molecule has 39 heavy (non-hydrogen) atoms. The van der Waals surface area contributed by atoms with Gasteiger partial charge in [-0.1, -0.05) is 36.8 Å². The highest BCUT2D eigenvalue weighted by Crippen LogP contribution is 2.25. The Bertz CT molecular complexity index is 1360. The lowest BCUT2D eigenvalue weighted by molar-refractivity contribution is -0.139. The Balaban J connectivity index is 2.00. The van der Waals surface area contributed by atoms with Gasteiger partial charge in [0.05, 0.1) is 17.7 Å². The lowest BCUT2D eigenvalue weighted by atomic mass is 10.1. The van der Waals surface area contributed by atoms with Crippen LogP contribution < -0.4 is 14.4 Å². The summed E-state index contributed by atoms with van der Waals surface area (Å²) < 4.78 is 47.1. The molecule has 0 bridgehead atoms. The van der Waals surface area contributed by atoms with E-state index in [4.69, 9.17) is 4.74 Å². The van der Waals surface area contributed by atoms with Crippen LogP contribution in [-0.4, -0.2) is 51.4 Å². The van der Waals surface area contributed by atoms with Crippen LogP contribution in [0.3, 0.4) is 0 Å². The zero-order valence-electron chi connectivity index (χ0n) is 22.6. The van der Waals surface area contributed by atoms with Crippen molar-refractivity contribution < 1.29 is 27.1 Å². The van der Waals surface area contributed by atoms with Gasteiger partial charge in [0.15, 0.2) is 0 Å². The van der Waals surface area contributed by atoms with Crippen LogP contribution >= 0.6 is 0 Å². The van der Waals surface area contributed by atoms with Crippen LogP contribution in [0.4, 0.5) is 10.1 Å². The molecule has 0 unspecified atom stereocenters. The Labute approximate surface area is 229 Å². The molecule has 3 rings (SSSR count). The zero-order valence-corrected chi connectivity index (χ0v) is 23.4. The number of aryl methyl sites for hydroxylation is 1. The molecule has 2 amide bonds. The number of hydrogen-bond acceptors (Lipinski definition) is 5. The van der Waals surface area contributed by atoms with E-state index in [0.717, 1.165) is 46.1 Å². The number of ether oxygens (including phenoxy) is 1. The fraction of sp³-hybridized carbons (Fsp3) is 0.310. The van der Waals surface area contributed by atoms with E-state index < -0.39 is 34.3 Å². The molecule has 1 N–H and O–H groups in total. The second kappa shape index (κ2) is 13.2. The summed E-state index contributed by atoms with van der Waals surface area (Å²) in [4.78, 5) is 27.9. The fourth-order valence-electron chi connectivity index (χ4n) is 3.88. The molecule has 3 aromatic carbocycles. The summed E-state index contributed by atoms with van der Waals surface area (Å²) in [6.45, 7) is 5.34. The Morgan fingerprint density at radius 1 is 0.974 bits per heavy atom. The second-order valence-corrected chi connectivity index (χ2v) is 11.0. The van der Waals surface area contributed by atoms with Gasteiger partial charge >= 0.3 is 0 Å². The number of carbonyl (C=O) groups is 2. The van der Waals surface area contributed by atoms with Crippen LogP contribution in [0.25, 0.3) is 0 Å².